The quantitative estimate of drug-likeness (QED) is 0.197. The van der Waals surface area contributed by atoms with E-state index >= 15 is 0 Å². The van der Waals surface area contributed by atoms with Crippen LogP contribution in [0.25, 0.3) is 94.7 Å². The van der Waals surface area contributed by atoms with E-state index in [1.807, 2.05) is 72.9 Å². The van der Waals surface area contributed by atoms with Gasteiger partial charge in [0.05, 0.1) is 0 Å². The lowest BCUT2D eigenvalue weighted by atomic mass is 9.93. The van der Waals surface area contributed by atoms with E-state index in [2.05, 4.69) is 84.2 Å². The summed E-state index contributed by atoms with van der Waals surface area (Å²) in [5.41, 5.74) is 6.81. The van der Waals surface area contributed by atoms with E-state index in [-0.39, 0.29) is 0 Å². The largest absolute Gasteiger partial charge is 0.456 e. The molecule has 49 heavy (non-hydrogen) atoms. The minimum atomic E-state index is 0.607. The van der Waals surface area contributed by atoms with Gasteiger partial charge in [-0.15, -0.1) is 0 Å². The van der Waals surface area contributed by atoms with E-state index in [4.69, 9.17) is 19.4 Å². The van der Waals surface area contributed by atoms with E-state index in [9.17, 15) is 0 Å². The predicted molar refractivity (Wildman–Crippen MR) is 200 cm³/mol. The molecule has 0 bridgehead atoms. The highest BCUT2D eigenvalue weighted by Gasteiger charge is 2.23. The molecular formula is C44H28N4O. The fourth-order valence-corrected chi connectivity index (χ4v) is 7.19. The maximum absolute atomic E-state index is 6.55. The molecule has 5 nitrogen and oxygen atoms in total. The molecule has 1 N–H and O–H groups in total. The van der Waals surface area contributed by atoms with Crippen LogP contribution in [0.2, 0.25) is 0 Å². The Hall–Kier alpha value is -6.59. The van der Waals surface area contributed by atoms with Crippen LogP contribution in [-0.4, -0.2) is 15.0 Å². The zero-order valence-electron chi connectivity index (χ0n) is 26.4. The summed E-state index contributed by atoms with van der Waals surface area (Å²) in [5, 5.41) is 11.8. The van der Waals surface area contributed by atoms with Gasteiger partial charge >= 0.3 is 0 Å². The molecule has 1 aliphatic rings. The van der Waals surface area contributed by atoms with Crippen molar-refractivity contribution >= 4 is 49.4 Å². The monoisotopic (exact) mass is 628 g/mol. The maximum Gasteiger partial charge on any atom is 0.164 e. The second-order valence-electron chi connectivity index (χ2n) is 12.5. The molecular weight excluding hydrogens is 601 g/mol. The summed E-state index contributed by atoms with van der Waals surface area (Å²) in [4.78, 5) is 15.2. The molecule has 5 heteroatoms. The maximum atomic E-state index is 6.55. The van der Waals surface area contributed by atoms with Crippen molar-refractivity contribution in [1.82, 2.24) is 20.3 Å². The number of nitrogens with one attached hydrogen (secondary N) is 1. The molecule has 0 saturated heterocycles. The van der Waals surface area contributed by atoms with Gasteiger partial charge in [0.15, 0.2) is 17.5 Å². The number of nitrogens with zero attached hydrogens (tertiary/aromatic N) is 3. The first-order chi connectivity index (χ1) is 24.3. The number of benzene rings is 7. The van der Waals surface area contributed by atoms with Crippen molar-refractivity contribution < 1.29 is 4.42 Å². The molecule has 0 amide bonds. The van der Waals surface area contributed by atoms with Crippen molar-refractivity contribution in [3.8, 4) is 45.3 Å². The Kier molecular flexibility index (Phi) is 6.18. The average Bonchev–Trinajstić information content (AvgIpc) is 3.56. The Labute approximate surface area is 282 Å². The summed E-state index contributed by atoms with van der Waals surface area (Å²) in [5.74, 6) is 2.71. The van der Waals surface area contributed by atoms with Crippen LogP contribution in [0.4, 0.5) is 0 Å². The topological polar surface area (TPSA) is 63.8 Å². The third kappa shape index (κ3) is 4.59. The highest BCUT2D eigenvalue weighted by molar-refractivity contribution is 6.18. The summed E-state index contributed by atoms with van der Waals surface area (Å²) < 4.78 is 6.55. The van der Waals surface area contributed by atoms with E-state index < -0.39 is 0 Å². The molecule has 230 valence electrons. The van der Waals surface area contributed by atoms with Crippen LogP contribution in [0.3, 0.4) is 0 Å². The predicted octanol–water partition coefficient (Wildman–Crippen LogP) is 10.8. The third-order valence-corrected chi connectivity index (χ3v) is 9.57. The number of fused-ring (bicyclic) bond motifs is 8. The van der Waals surface area contributed by atoms with Gasteiger partial charge in [0.1, 0.15) is 11.3 Å². The van der Waals surface area contributed by atoms with Crippen LogP contribution in [0, 0.1) is 0 Å². The van der Waals surface area contributed by atoms with Crippen LogP contribution in [-0.2, 0) is 6.54 Å². The molecule has 7 aromatic carbocycles. The van der Waals surface area contributed by atoms with Gasteiger partial charge in [-0.3, -0.25) is 0 Å². The van der Waals surface area contributed by atoms with Crippen molar-refractivity contribution in [2.45, 2.75) is 6.54 Å². The van der Waals surface area contributed by atoms with Gasteiger partial charge in [0.25, 0.3) is 0 Å². The molecule has 0 unspecified atom stereocenters. The van der Waals surface area contributed by atoms with Gasteiger partial charge in [-0.1, -0.05) is 121 Å². The minimum absolute atomic E-state index is 0.607. The van der Waals surface area contributed by atoms with Gasteiger partial charge in [-0.2, -0.15) is 0 Å². The summed E-state index contributed by atoms with van der Waals surface area (Å²) >= 11 is 0. The Balaban J connectivity index is 1.23. The van der Waals surface area contributed by atoms with Crippen molar-refractivity contribution in [3.05, 3.63) is 157 Å². The Bertz CT molecular complexity index is 2710. The normalized spacial score (nSPS) is 12.5. The Morgan fingerprint density at radius 2 is 1.12 bits per heavy atom. The van der Waals surface area contributed by atoms with Gasteiger partial charge in [-0.25, -0.2) is 15.0 Å². The first kappa shape index (κ1) is 27.5. The van der Waals surface area contributed by atoms with Crippen LogP contribution >= 0.6 is 0 Å². The lowest BCUT2D eigenvalue weighted by Gasteiger charge is -2.13. The molecule has 0 aliphatic carbocycles. The van der Waals surface area contributed by atoms with Crippen LogP contribution < -0.4 is 5.32 Å². The Morgan fingerprint density at radius 1 is 0.490 bits per heavy atom. The first-order valence-corrected chi connectivity index (χ1v) is 16.5. The van der Waals surface area contributed by atoms with E-state index in [0.717, 1.165) is 50.1 Å². The summed E-state index contributed by atoms with van der Waals surface area (Å²) in [6.45, 7) is 0.656. The van der Waals surface area contributed by atoms with Crippen LogP contribution in [0.15, 0.2) is 150 Å². The summed E-state index contributed by atoms with van der Waals surface area (Å²) in [6, 6.07) is 48.8. The minimum Gasteiger partial charge on any atom is -0.456 e. The molecule has 0 saturated carbocycles. The average molecular weight is 629 g/mol. The number of furan rings is 1. The van der Waals surface area contributed by atoms with Gasteiger partial charge in [0.2, 0.25) is 0 Å². The molecule has 0 atom stereocenters. The second-order valence-corrected chi connectivity index (χ2v) is 12.5. The lowest BCUT2D eigenvalue weighted by Crippen LogP contribution is -2.09. The number of rotatable bonds is 4. The molecule has 0 fully saturated rings. The molecule has 0 spiro atoms. The van der Waals surface area contributed by atoms with Crippen molar-refractivity contribution in [1.29, 1.82) is 0 Å². The highest BCUT2D eigenvalue weighted by atomic mass is 16.3. The summed E-state index contributed by atoms with van der Waals surface area (Å²) in [7, 11) is 0. The van der Waals surface area contributed by atoms with Crippen molar-refractivity contribution in [3.63, 3.8) is 0 Å². The highest BCUT2D eigenvalue weighted by Crippen LogP contribution is 2.41. The smallest absolute Gasteiger partial charge is 0.164 e. The fraction of sp³-hybridized carbons (Fsp3) is 0.0227. The van der Waals surface area contributed by atoms with Gasteiger partial charge < -0.3 is 9.73 Å². The molecule has 9 aromatic rings. The zero-order valence-corrected chi connectivity index (χ0v) is 26.4. The lowest BCUT2D eigenvalue weighted by molar-refractivity contribution is 0.592. The van der Waals surface area contributed by atoms with Crippen LogP contribution in [0.5, 0.6) is 0 Å². The molecule has 2 aromatic heterocycles. The summed E-state index contributed by atoms with van der Waals surface area (Å²) in [6.07, 6.45) is 3.93. The molecule has 0 radical (unpaired) electrons. The molecule has 10 rings (SSSR count). The molecule has 3 heterocycles. The number of hydrogen-bond acceptors (Lipinski definition) is 5. The van der Waals surface area contributed by atoms with E-state index in [1.165, 1.54) is 32.3 Å². The number of aromatic nitrogens is 3. The third-order valence-electron chi connectivity index (χ3n) is 9.57. The van der Waals surface area contributed by atoms with Crippen LogP contribution in [0.1, 0.15) is 11.3 Å². The standard InChI is InChI=1S/C44H28N4O/c1-3-10-29(11-4-1)42-46-43(30-12-5-2-6-13-30)48-44(47-42)37-24-32(25-40-41(37)38-26-45-22-21-39(38)49-40)31-16-15-28-18-19-34-33-14-8-7-9-27(33)17-20-35(34)36(28)23-31/h1-25,45H,26H2. The first-order valence-electron chi connectivity index (χ1n) is 16.5. The van der Waals surface area contributed by atoms with E-state index in [1.54, 1.807) is 0 Å². The zero-order chi connectivity index (χ0) is 32.3. The van der Waals surface area contributed by atoms with Crippen molar-refractivity contribution in [2.24, 2.45) is 0 Å². The Morgan fingerprint density at radius 3 is 1.88 bits per heavy atom. The number of hydrogen-bond donors (Lipinski definition) is 1. The second kappa shape index (κ2) is 11.0. The van der Waals surface area contributed by atoms with Crippen molar-refractivity contribution in [2.75, 3.05) is 0 Å². The van der Waals surface area contributed by atoms with Gasteiger partial charge in [-0.05, 0) is 67.7 Å². The van der Waals surface area contributed by atoms with E-state index in [0.29, 0.717) is 24.0 Å². The molecule has 1 aliphatic heterocycles. The van der Waals surface area contributed by atoms with Gasteiger partial charge in [0, 0.05) is 40.4 Å². The fourth-order valence-electron chi connectivity index (χ4n) is 7.19. The SMILES string of the molecule is C1=Cc2oc3cc(-c4ccc5ccc6c7ccccc7ccc6c5c4)cc(-c4nc(-c5ccccc5)nc(-c5ccccc5)n4)c3c2CN1.